The van der Waals surface area contributed by atoms with Crippen LogP contribution >= 0.6 is 8.38 Å². The lowest BCUT2D eigenvalue weighted by Crippen LogP contribution is -1.99. The van der Waals surface area contributed by atoms with Gasteiger partial charge >= 0.3 is 0 Å². The summed E-state index contributed by atoms with van der Waals surface area (Å²) in [5.74, 6) is 1.75. The lowest BCUT2D eigenvalue weighted by atomic mass is 10.2. The van der Waals surface area contributed by atoms with Crippen molar-refractivity contribution in [1.29, 1.82) is 0 Å². The van der Waals surface area contributed by atoms with E-state index in [1.54, 1.807) is 0 Å². The van der Waals surface area contributed by atoms with Crippen LogP contribution in [0.3, 0.4) is 0 Å². The predicted molar refractivity (Wildman–Crippen MR) is 85.7 cm³/mol. The van der Waals surface area contributed by atoms with Crippen LogP contribution in [0.15, 0.2) is 48.5 Å². The summed E-state index contributed by atoms with van der Waals surface area (Å²) in [7, 11) is -0.933. The zero-order valence-corrected chi connectivity index (χ0v) is 13.2. The van der Waals surface area contributed by atoms with E-state index >= 15 is 0 Å². The molecule has 20 heavy (non-hydrogen) atoms. The van der Waals surface area contributed by atoms with Gasteiger partial charge in [-0.2, -0.15) is 0 Å². The van der Waals surface area contributed by atoms with E-state index in [0.29, 0.717) is 0 Å². The summed E-state index contributed by atoms with van der Waals surface area (Å²) in [6.07, 6.45) is 1.97. The molecular weight excluding hydrogens is 267 g/mol. The minimum absolute atomic E-state index is 0.877. The molecule has 0 atom stereocenters. The summed E-state index contributed by atoms with van der Waals surface area (Å²) < 4.78 is 12.0. The van der Waals surface area contributed by atoms with Crippen molar-refractivity contribution in [3.63, 3.8) is 0 Å². The van der Waals surface area contributed by atoms with Crippen molar-refractivity contribution >= 4 is 8.38 Å². The van der Waals surface area contributed by atoms with Crippen LogP contribution in [0, 0.1) is 13.8 Å². The Bertz CT molecular complexity index is 472. The molecule has 2 rings (SSSR count). The summed E-state index contributed by atoms with van der Waals surface area (Å²) in [6.45, 7) is 6.29. The van der Waals surface area contributed by atoms with Crippen LogP contribution in [-0.4, -0.2) is 6.16 Å². The maximum absolute atomic E-state index is 5.99. The van der Waals surface area contributed by atoms with Crippen molar-refractivity contribution in [2.24, 2.45) is 0 Å². The van der Waals surface area contributed by atoms with Crippen LogP contribution in [0.5, 0.6) is 11.5 Å². The average molecular weight is 288 g/mol. The van der Waals surface area contributed by atoms with Crippen molar-refractivity contribution in [2.45, 2.75) is 27.2 Å². The SMILES string of the molecule is CCCP(Oc1ccc(C)cc1)Oc1ccc(C)cc1. The molecular formula is C17H21O2P. The lowest BCUT2D eigenvalue weighted by molar-refractivity contribution is 0.488. The van der Waals surface area contributed by atoms with Gasteiger partial charge in [0, 0.05) is 6.16 Å². The fourth-order valence-electron chi connectivity index (χ4n) is 1.73. The van der Waals surface area contributed by atoms with Gasteiger partial charge in [-0.1, -0.05) is 42.3 Å². The van der Waals surface area contributed by atoms with Crippen molar-refractivity contribution < 1.29 is 9.05 Å². The number of aryl methyl sites for hydroxylation is 2. The Morgan fingerprint density at radius 2 is 1.15 bits per heavy atom. The zero-order chi connectivity index (χ0) is 14.4. The second-order valence-electron chi connectivity index (χ2n) is 4.87. The van der Waals surface area contributed by atoms with Crippen molar-refractivity contribution in [3.05, 3.63) is 59.7 Å². The van der Waals surface area contributed by atoms with Crippen LogP contribution in [-0.2, 0) is 0 Å². The first-order valence-corrected chi connectivity index (χ1v) is 8.30. The highest BCUT2D eigenvalue weighted by atomic mass is 31.2. The maximum atomic E-state index is 5.99. The Morgan fingerprint density at radius 3 is 1.50 bits per heavy atom. The molecule has 0 fully saturated rings. The van der Waals surface area contributed by atoms with E-state index in [4.69, 9.17) is 9.05 Å². The predicted octanol–water partition coefficient (Wildman–Crippen LogP) is 5.48. The molecule has 106 valence electrons. The van der Waals surface area contributed by atoms with E-state index in [-0.39, 0.29) is 0 Å². The first-order valence-electron chi connectivity index (χ1n) is 6.94. The third-order valence-electron chi connectivity index (χ3n) is 2.86. The highest BCUT2D eigenvalue weighted by Gasteiger charge is 2.13. The van der Waals surface area contributed by atoms with E-state index in [9.17, 15) is 0 Å². The van der Waals surface area contributed by atoms with Gasteiger partial charge in [-0.3, -0.25) is 0 Å². The first kappa shape index (κ1) is 14.9. The zero-order valence-electron chi connectivity index (χ0n) is 12.3. The van der Waals surface area contributed by atoms with Gasteiger partial charge in [0.15, 0.2) is 0 Å². The van der Waals surface area contributed by atoms with Gasteiger partial charge in [-0.25, -0.2) is 0 Å². The molecule has 3 heteroatoms. The normalized spacial score (nSPS) is 10.6. The molecule has 0 bridgehead atoms. The molecule has 0 aliphatic carbocycles. The Morgan fingerprint density at radius 1 is 0.750 bits per heavy atom. The minimum atomic E-state index is -0.933. The van der Waals surface area contributed by atoms with E-state index in [2.05, 4.69) is 45.0 Å². The van der Waals surface area contributed by atoms with E-state index in [0.717, 1.165) is 24.1 Å². The van der Waals surface area contributed by atoms with Gasteiger partial charge in [-0.05, 0) is 44.5 Å². The second kappa shape index (κ2) is 7.31. The Hall–Kier alpha value is -1.53. The van der Waals surface area contributed by atoms with Crippen LogP contribution < -0.4 is 9.05 Å². The molecule has 0 aliphatic rings. The number of rotatable bonds is 6. The molecule has 2 nitrogen and oxygen atoms in total. The Balaban J connectivity index is 2.02. The highest BCUT2D eigenvalue weighted by Crippen LogP contribution is 2.40. The maximum Gasteiger partial charge on any atom is 0.290 e. The van der Waals surface area contributed by atoms with Gasteiger partial charge in [0.05, 0.1) is 0 Å². The first-order chi connectivity index (χ1) is 9.67. The van der Waals surface area contributed by atoms with Crippen molar-refractivity contribution in [3.8, 4) is 11.5 Å². The second-order valence-corrected chi connectivity index (χ2v) is 6.34. The monoisotopic (exact) mass is 288 g/mol. The summed E-state index contributed by atoms with van der Waals surface area (Å²) >= 11 is 0. The number of benzene rings is 2. The number of hydrogen-bond acceptors (Lipinski definition) is 2. The lowest BCUT2D eigenvalue weighted by Gasteiger charge is -2.18. The molecule has 0 heterocycles. The van der Waals surface area contributed by atoms with Gasteiger partial charge < -0.3 is 9.05 Å². The van der Waals surface area contributed by atoms with Crippen LogP contribution in [0.1, 0.15) is 24.5 Å². The Kier molecular flexibility index (Phi) is 5.43. The largest absolute Gasteiger partial charge is 0.439 e. The molecule has 0 aliphatic heterocycles. The van der Waals surface area contributed by atoms with Gasteiger partial charge in [0.1, 0.15) is 11.5 Å². The van der Waals surface area contributed by atoms with Gasteiger partial charge in [0.25, 0.3) is 8.38 Å². The Labute approximate surface area is 122 Å². The van der Waals surface area contributed by atoms with E-state index in [1.807, 2.05) is 24.3 Å². The fourth-order valence-corrected chi connectivity index (χ4v) is 3.02. The molecule has 0 aromatic heterocycles. The van der Waals surface area contributed by atoms with Gasteiger partial charge in [0.2, 0.25) is 0 Å². The molecule has 0 saturated heterocycles. The number of hydrogen-bond donors (Lipinski definition) is 0. The molecule has 0 unspecified atom stereocenters. The topological polar surface area (TPSA) is 18.5 Å². The third-order valence-corrected chi connectivity index (χ3v) is 4.50. The molecule has 0 N–H and O–H groups in total. The fraction of sp³-hybridized carbons (Fsp3) is 0.294. The summed E-state index contributed by atoms with van der Waals surface area (Å²) in [6, 6.07) is 16.2. The average Bonchev–Trinajstić information content (AvgIpc) is 2.44. The van der Waals surface area contributed by atoms with E-state index in [1.165, 1.54) is 11.1 Å². The van der Waals surface area contributed by atoms with Crippen LogP contribution in [0.4, 0.5) is 0 Å². The van der Waals surface area contributed by atoms with Crippen molar-refractivity contribution in [2.75, 3.05) is 6.16 Å². The summed E-state index contributed by atoms with van der Waals surface area (Å²) in [5, 5.41) is 0. The molecule has 2 aromatic carbocycles. The van der Waals surface area contributed by atoms with Gasteiger partial charge in [-0.15, -0.1) is 0 Å². The quantitative estimate of drug-likeness (QED) is 0.655. The molecule has 0 amide bonds. The third kappa shape index (κ3) is 4.54. The van der Waals surface area contributed by atoms with E-state index < -0.39 is 8.38 Å². The van der Waals surface area contributed by atoms with Crippen LogP contribution in [0.25, 0.3) is 0 Å². The molecule has 0 radical (unpaired) electrons. The molecule has 2 aromatic rings. The smallest absolute Gasteiger partial charge is 0.290 e. The minimum Gasteiger partial charge on any atom is -0.439 e. The van der Waals surface area contributed by atoms with Crippen molar-refractivity contribution in [1.82, 2.24) is 0 Å². The molecule has 0 saturated carbocycles. The summed E-state index contributed by atoms with van der Waals surface area (Å²) in [4.78, 5) is 0. The van der Waals surface area contributed by atoms with Crippen LogP contribution in [0.2, 0.25) is 0 Å². The molecule has 0 spiro atoms. The highest BCUT2D eigenvalue weighted by molar-refractivity contribution is 7.48. The summed E-state index contributed by atoms with van der Waals surface area (Å²) in [5.41, 5.74) is 2.47. The standard InChI is InChI=1S/C17H21O2P/c1-4-13-20(18-16-9-5-14(2)6-10-16)19-17-11-7-15(3)8-12-17/h5-12H,4,13H2,1-3H3.